The quantitative estimate of drug-likeness (QED) is 0.868. The van der Waals surface area contributed by atoms with E-state index in [1.54, 1.807) is 7.11 Å². The van der Waals surface area contributed by atoms with Gasteiger partial charge in [-0.15, -0.1) is 0 Å². The predicted molar refractivity (Wildman–Crippen MR) is 76.9 cm³/mol. The van der Waals surface area contributed by atoms with Gasteiger partial charge in [0.25, 0.3) is 0 Å². The number of ether oxygens (including phenoxy) is 1. The summed E-state index contributed by atoms with van der Waals surface area (Å²) in [5.41, 5.74) is 7.61. The van der Waals surface area contributed by atoms with E-state index in [1.807, 2.05) is 18.2 Å². The average molecular weight is 243 g/mol. The third-order valence-electron chi connectivity index (χ3n) is 3.41. The molecule has 1 atom stereocenters. The molecule has 0 aromatic heterocycles. The molecule has 18 heavy (non-hydrogen) atoms. The largest absolute Gasteiger partial charge is 0.496 e. The summed E-state index contributed by atoms with van der Waals surface area (Å²) in [5, 5.41) is 2.30. The second kappa shape index (κ2) is 4.62. The predicted octanol–water partition coefficient (Wildman–Crippen LogP) is 3.89. The summed E-state index contributed by atoms with van der Waals surface area (Å²) in [6.45, 7) is 6.49. The number of rotatable bonds is 2. The van der Waals surface area contributed by atoms with E-state index in [1.165, 1.54) is 10.9 Å². The highest BCUT2D eigenvalue weighted by molar-refractivity contribution is 5.91. The Morgan fingerprint density at radius 3 is 2.17 bits per heavy atom. The summed E-state index contributed by atoms with van der Waals surface area (Å²) in [7, 11) is 1.70. The van der Waals surface area contributed by atoms with Crippen LogP contribution in [0.2, 0.25) is 0 Å². The molecule has 0 radical (unpaired) electrons. The van der Waals surface area contributed by atoms with Crippen molar-refractivity contribution in [3.05, 3.63) is 42.0 Å². The maximum absolute atomic E-state index is 6.39. The van der Waals surface area contributed by atoms with Gasteiger partial charge in [-0.2, -0.15) is 0 Å². The maximum atomic E-state index is 6.39. The van der Waals surface area contributed by atoms with Gasteiger partial charge in [0.1, 0.15) is 5.75 Å². The fourth-order valence-electron chi connectivity index (χ4n) is 2.21. The molecule has 0 aliphatic heterocycles. The first-order valence-corrected chi connectivity index (χ1v) is 6.26. The van der Waals surface area contributed by atoms with Crippen LogP contribution in [0.5, 0.6) is 5.75 Å². The standard InChI is InChI=1S/C16H21NO/c1-16(2,3)15(17)13-9-10-14(18-4)12-8-6-5-7-11(12)13/h5-10,15H,17H2,1-4H3/t15-/m1/s1. The van der Waals surface area contributed by atoms with Crippen LogP contribution in [0.4, 0.5) is 0 Å². The molecule has 0 saturated carbocycles. The minimum Gasteiger partial charge on any atom is -0.496 e. The molecule has 0 amide bonds. The molecule has 0 heterocycles. The van der Waals surface area contributed by atoms with Gasteiger partial charge in [0.05, 0.1) is 7.11 Å². The van der Waals surface area contributed by atoms with Gasteiger partial charge in [0.2, 0.25) is 0 Å². The van der Waals surface area contributed by atoms with Crippen molar-refractivity contribution in [3.63, 3.8) is 0 Å². The van der Waals surface area contributed by atoms with Crippen molar-refractivity contribution in [1.82, 2.24) is 0 Å². The fraction of sp³-hybridized carbons (Fsp3) is 0.375. The molecular weight excluding hydrogens is 222 g/mol. The van der Waals surface area contributed by atoms with E-state index in [4.69, 9.17) is 10.5 Å². The third-order valence-corrected chi connectivity index (χ3v) is 3.41. The van der Waals surface area contributed by atoms with E-state index in [9.17, 15) is 0 Å². The van der Waals surface area contributed by atoms with Crippen LogP contribution >= 0.6 is 0 Å². The van der Waals surface area contributed by atoms with Gasteiger partial charge in [-0.05, 0) is 22.4 Å². The van der Waals surface area contributed by atoms with Crippen LogP contribution in [0.25, 0.3) is 10.8 Å². The van der Waals surface area contributed by atoms with Gasteiger partial charge in [-0.25, -0.2) is 0 Å². The summed E-state index contributed by atoms with van der Waals surface area (Å²) < 4.78 is 5.41. The minimum atomic E-state index is 0.00769. The molecule has 2 aromatic carbocycles. The molecular formula is C16H21NO. The highest BCUT2D eigenvalue weighted by Gasteiger charge is 2.24. The molecule has 0 aliphatic rings. The maximum Gasteiger partial charge on any atom is 0.126 e. The topological polar surface area (TPSA) is 35.2 Å². The van der Waals surface area contributed by atoms with Crippen LogP contribution in [0, 0.1) is 5.41 Å². The van der Waals surface area contributed by atoms with Crippen molar-refractivity contribution in [1.29, 1.82) is 0 Å². The summed E-state index contributed by atoms with van der Waals surface area (Å²) in [6, 6.07) is 12.3. The van der Waals surface area contributed by atoms with Crippen molar-refractivity contribution in [2.75, 3.05) is 7.11 Å². The monoisotopic (exact) mass is 243 g/mol. The lowest BCUT2D eigenvalue weighted by atomic mass is 9.81. The van der Waals surface area contributed by atoms with E-state index in [-0.39, 0.29) is 11.5 Å². The number of benzene rings is 2. The molecule has 2 nitrogen and oxygen atoms in total. The Morgan fingerprint density at radius 1 is 1.00 bits per heavy atom. The lowest BCUT2D eigenvalue weighted by Gasteiger charge is -2.28. The Bertz CT molecular complexity index is 555. The summed E-state index contributed by atoms with van der Waals surface area (Å²) >= 11 is 0. The zero-order chi connectivity index (χ0) is 13.3. The molecule has 2 aromatic rings. The molecule has 0 unspecified atom stereocenters. The van der Waals surface area contributed by atoms with Crippen molar-refractivity contribution in [2.45, 2.75) is 26.8 Å². The number of hydrogen-bond donors (Lipinski definition) is 1. The Morgan fingerprint density at radius 2 is 1.61 bits per heavy atom. The normalized spacial score (nSPS) is 13.6. The Labute approximate surface area is 109 Å². The number of hydrogen-bond acceptors (Lipinski definition) is 2. The summed E-state index contributed by atoms with van der Waals surface area (Å²) in [4.78, 5) is 0. The van der Waals surface area contributed by atoms with Gasteiger partial charge >= 0.3 is 0 Å². The zero-order valence-electron chi connectivity index (χ0n) is 11.5. The first kappa shape index (κ1) is 12.9. The molecule has 0 spiro atoms. The molecule has 0 aliphatic carbocycles. The van der Waals surface area contributed by atoms with Gasteiger partial charge in [-0.1, -0.05) is 51.1 Å². The van der Waals surface area contributed by atoms with E-state index in [0.717, 1.165) is 11.1 Å². The molecule has 0 fully saturated rings. The van der Waals surface area contributed by atoms with E-state index in [2.05, 4.69) is 39.0 Å². The number of nitrogens with two attached hydrogens (primary N) is 1. The van der Waals surface area contributed by atoms with Crippen molar-refractivity contribution in [3.8, 4) is 5.75 Å². The van der Waals surface area contributed by atoms with Gasteiger partial charge < -0.3 is 10.5 Å². The van der Waals surface area contributed by atoms with Gasteiger partial charge in [0, 0.05) is 11.4 Å². The first-order valence-electron chi connectivity index (χ1n) is 6.26. The number of methoxy groups -OCH3 is 1. The van der Waals surface area contributed by atoms with E-state index < -0.39 is 0 Å². The zero-order valence-corrected chi connectivity index (χ0v) is 11.5. The van der Waals surface area contributed by atoms with Gasteiger partial charge in [-0.3, -0.25) is 0 Å². The van der Waals surface area contributed by atoms with Crippen LogP contribution in [0.15, 0.2) is 36.4 Å². The smallest absolute Gasteiger partial charge is 0.126 e. The highest BCUT2D eigenvalue weighted by Crippen LogP contribution is 2.37. The molecule has 2 heteroatoms. The summed E-state index contributed by atoms with van der Waals surface area (Å²) in [6.07, 6.45) is 0. The van der Waals surface area contributed by atoms with Crippen LogP contribution < -0.4 is 10.5 Å². The van der Waals surface area contributed by atoms with E-state index >= 15 is 0 Å². The fourth-order valence-corrected chi connectivity index (χ4v) is 2.21. The second-order valence-corrected chi connectivity index (χ2v) is 5.75. The first-order chi connectivity index (χ1) is 8.45. The minimum absolute atomic E-state index is 0.00769. The molecule has 2 rings (SSSR count). The van der Waals surface area contributed by atoms with Gasteiger partial charge in [0.15, 0.2) is 0 Å². The summed E-state index contributed by atoms with van der Waals surface area (Å²) in [5.74, 6) is 0.899. The highest BCUT2D eigenvalue weighted by atomic mass is 16.5. The van der Waals surface area contributed by atoms with Crippen molar-refractivity contribution < 1.29 is 4.74 Å². The van der Waals surface area contributed by atoms with Crippen LogP contribution in [-0.2, 0) is 0 Å². The van der Waals surface area contributed by atoms with Crippen LogP contribution in [0.1, 0.15) is 32.4 Å². The molecule has 2 N–H and O–H groups in total. The molecule has 96 valence electrons. The molecule has 0 saturated heterocycles. The second-order valence-electron chi connectivity index (χ2n) is 5.75. The van der Waals surface area contributed by atoms with Crippen molar-refractivity contribution >= 4 is 10.8 Å². The number of fused-ring (bicyclic) bond motifs is 1. The third kappa shape index (κ3) is 2.21. The van der Waals surface area contributed by atoms with E-state index in [0.29, 0.717) is 0 Å². The van der Waals surface area contributed by atoms with Crippen LogP contribution in [0.3, 0.4) is 0 Å². The average Bonchev–Trinajstić information content (AvgIpc) is 2.35. The lowest BCUT2D eigenvalue weighted by Crippen LogP contribution is -2.26. The molecule has 0 bridgehead atoms. The van der Waals surface area contributed by atoms with Crippen LogP contribution in [-0.4, -0.2) is 7.11 Å². The lowest BCUT2D eigenvalue weighted by molar-refractivity contribution is 0.328. The Hall–Kier alpha value is -1.54. The Balaban J connectivity index is 2.67. The SMILES string of the molecule is COc1ccc([C@@H](N)C(C)(C)C)c2ccccc12. The Kier molecular flexibility index (Phi) is 3.31. The van der Waals surface area contributed by atoms with Crippen molar-refractivity contribution in [2.24, 2.45) is 11.1 Å².